The van der Waals surface area contributed by atoms with Crippen LogP contribution in [0.1, 0.15) is 22.8 Å². The van der Waals surface area contributed by atoms with Gasteiger partial charge in [-0.25, -0.2) is 0 Å². The van der Waals surface area contributed by atoms with Gasteiger partial charge in [-0.05, 0) is 17.9 Å². The highest BCUT2D eigenvalue weighted by Gasteiger charge is 2.18. The van der Waals surface area contributed by atoms with E-state index < -0.39 is 0 Å². The van der Waals surface area contributed by atoms with Crippen LogP contribution in [0.25, 0.3) is 0 Å². The van der Waals surface area contributed by atoms with Crippen LogP contribution >= 0.6 is 11.3 Å². The van der Waals surface area contributed by atoms with Gasteiger partial charge in [-0.3, -0.25) is 9.48 Å². The molecular formula is C12H13N3O2S. The lowest BCUT2D eigenvalue weighted by atomic mass is 10.3. The Labute approximate surface area is 108 Å². The Hall–Kier alpha value is -1.66. The molecule has 3 rings (SSSR count). The lowest BCUT2D eigenvalue weighted by Crippen LogP contribution is -2.11. The van der Waals surface area contributed by atoms with Crippen molar-refractivity contribution < 1.29 is 9.53 Å². The van der Waals surface area contributed by atoms with Crippen LogP contribution in [0.5, 0.6) is 0 Å². The minimum Gasteiger partial charge on any atom is -0.379 e. The number of thiophene rings is 1. The van der Waals surface area contributed by atoms with E-state index in [-0.39, 0.29) is 11.9 Å². The van der Waals surface area contributed by atoms with E-state index in [0.717, 1.165) is 18.7 Å². The number of carbonyl (C=O) groups is 1. The highest BCUT2D eigenvalue weighted by molar-refractivity contribution is 7.08. The van der Waals surface area contributed by atoms with Crippen LogP contribution in [0.2, 0.25) is 0 Å². The van der Waals surface area contributed by atoms with Crippen LogP contribution in [0.15, 0.2) is 29.2 Å². The summed E-state index contributed by atoms with van der Waals surface area (Å²) in [6.07, 6.45) is 4.49. The maximum absolute atomic E-state index is 11.8. The van der Waals surface area contributed by atoms with Gasteiger partial charge in [0.05, 0.1) is 30.1 Å². The summed E-state index contributed by atoms with van der Waals surface area (Å²) < 4.78 is 7.17. The predicted molar refractivity (Wildman–Crippen MR) is 69.0 cm³/mol. The molecule has 1 fully saturated rings. The summed E-state index contributed by atoms with van der Waals surface area (Å²) in [5, 5.41) is 10.8. The van der Waals surface area contributed by atoms with E-state index in [2.05, 4.69) is 10.4 Å². The van der Waals surface area contributed by atoms with Gasteiger partial charge in [0.15, 0.2) is 0 Å². The maximum atomic E-state index is 11.8. The quantitative estimate of drug-likeness (QED) is 0.923. The number of nitrogens with zero attached hydrogens (tertiary/aromatic N) is 2. The van der Waals surface area contributed by atoms with E-state index in [1.165, 1.54) is 11.3 Å². The highest BCUT2D eigenvalue weighted by Crippen LogP contribution is 2.20. The number of aromatic nitrogens is 2. The summed E-state index contributed by atoms with van der Waals surface area (Å²) >= 11 is 1.51. The fourth-order valence-electron chi connectivity index (χ4n) is 1.93. The number of amides is 1. The zero-order valence-electron chi connectivity index (χ0n) is 9.70. The molecule has 5 nitrogen and oxygen atoms in total. The van der Waals surface area contributed by atoms with Gasteiger partial charge < -0.3 is 10.1 Å². The third kappa shape index (κ3) is 2.30. The van der Waals surface area contributed by atoms with E-state index in [4.69, 9.17) is 4.74 Å². The zero-order chi connectivity index (χ0) is 12.4. The third-order valence-corrected chi connectivity index (χ3v) is 3.61. The first-order valence-electron chi connectivity index (χ1n) is 5.78. The molecule has 2 aromatic heterocycles. The van der Waals surface area contributed by atoms with Crippen LogP contribution in [0.3, 0.4) is 0 Å². The Morgan fingerprint density at radius 3 is 3.28 bits per heavy atom. The number of rotatable bonds is 3. The zero-order valence-corrected chi connectivity index (χ0v) is 10.5. The number of anilines is 1. The fraction of sp³-hybridized carbons (Fsp3) is 0.333. The summed E-state index contributed by atoms with van der Waals surface area (Å²) in [6, 6.07) is 2.09. The van der Waals surface area contributed by atoms with E-state index in [1.807, 2.05) is 21.6 Å². The SMILES string of the molecule is O=C(Nc1cnn([C@@H]2CCOC2)c1)c1ccsc1. The Bertz CT molecular complexity index is 529. The lowest BCUT2D eigenvalue weighted by Gasteiger charge is -2.06. The normalized spacial score (nSPS) is 19.0. The Morgan fingerprint density at radius 1 is 1.61 bits per heavy atom. The van der Waals surface area contributed by atoms with Crippen molar-refractivity contribution in [3.63, 3.8) is 0 Å². The molecule has 18 heavy (non-hydrogen) atoms. The van der Waals surface area contributed by atoms with Crippen molar-refractivity contribution in [3.05, 3.63) is 34.8 Å². The number of hydrogen-bond acceptors (Lipinski definition) is 4. The number of hydrogen-bond donors (Lipinski definition) is 1. The molecule has 1 amide bonds. The molecule has 0 spiro atoms. The molecule has 2 aromatic rings. The molecule has 0 bridgehead atoms. The average molecular weight is 263 g/mol. The van der Waals surface area contributed by atoms with Crippen LogP contribution in [0, 0.1) is 0 Å². The minimum absolute atomic E-state index is 0.0986. The van der Waals surface area contributed by atoms with Crippen molar-refractivity contribution in [2.24, 2.45) is 0 Å². The van der Waals surface area contributed by atoms with Crippen molar-refractivity contribution in [3.8, 4) is 0 Å². The molecule has 3 heterocycles. The molecule has 6 heteroatoms. The molecule has 0 unspecified atom stereocenters. The van der Waals surface area contributed by atoms with Gasteiger partial charge in [-0.2, -0.15) is 16.4 Å². The Morgan fingerprint density at radius 2 is 2.56 bits per heavy atom. The summed E-state index contributed by atoms with van der Waals surface area (Å²) in [5.41, 5.74) is 1.40. The van der Waals surface area contributed by atoms with Crippen molar-refractivity contribution in [2.45, 2.75) is 12.5 Å². The lowest BCUT2D eigenvalue weighted by molar-refractivity contribution is 0.102. The van der Waals surface area contributed by atoms with Crippen molar-refractivity contribution in [1.82, 2.24) is 9.78 Å². The molecule has 0 saturated carbocycles. The summed E-state index contributed by atoms with van der Waals surface area (Å²) in [7, 11) is 0. The first-order valence-corrected chi connectivity index (χ1v) is 6.72. The molecule has 1 saturated heterocycles. The number of ether oxygens (including phenoxy) is 1. The van der Waals surface area contributed by atoms with Crippen molar-refractivity contribution in [1.29, 1.82) is 0 Å². The van der Waals surface area contributed by atoms with E-state index >= 15 is 0 Å². The van der Waals surface area contributed by atoms with Crippen molar-refractivity contribution in [2.75, 3.05) is 18.5 Å². The summed E-state index contributed by atoms with van der Waals surface area (Å²) in [5.74, 6) is -0.0986. The smallest absolute Gasteiger partial charge is 0.256 e. The van der Waals surface area contributed by atoms with Gasteiger partial charge in [0.1, 0.15) is 0 Å². The van der Waals surface area contributed by atoms with E-state index in [0.29, 0.717) is 12.2 Å². The molecule has 1 N–H and O–H groups in total. The topological polar surface area (TPSA) is 56.2 Å². The molecule has 1 aliphatic rings. The van der Waals surface area contributed by atoms with Gasteiger partial charge in [0.2, 0.25) is 0 Å². The van der Waals surface area contributed by atoms with E-state index in [9.17, 15) is 4.79 Å². The molecule has 0 aromatic carbocycles. The standard InChI is InChI=1S/C12H13N3O2S/c16-12(9-2-4-18-8-9)14-10-5-13-15(6-10)11-1-3-17-7-11/h2,4-6,8,11H,1,3,7H2,(H,14,16)/t11-/m1/s1. The van der Waals surface area contributed by atoms with Crippen LogP contribution in [0.4, 0.5) is 5.69 Å². The van der Waals surface area contributed by atoms with Gasteiger partial charge in [0, 0.05) is 18.2 Å². The molecule has 0 radical (unpaired) electrons. The van der Waals surface area contributed by atoms with E-state index in [1.54, 1.807) is 12.3 Å². The summed E-state index contributed by atoms with van der Waals surface area (Å²) in [6.45, 7) is 1.47. The molecule has 1 aliphatic heterocycles. The van der Waals surface area contributed by atoms with Crippen molar-refractivity contribution >= 4 is 22.9 Å². The number of nitrogens with one attached hydrogen (secondary N) is 1. The molecule has 1 atom stereocenters. The first kappa shape index (κ1) is 11.4. The first-order chi connectivity index (χ1) is 8.83. The third-order valence-electron chi connectivity index (χ3n) is 2.92. The summed E-state index contributed by atoms with van der Waals surface area (Å²) in [4.78, 5) is 11.8. The molecular weight excluding hydrogens is 250 g/mol. The molecule has 94 valence electrons. The number of carbonyl (C=O) groups excluding carboxylic acids is 1. The second-order valence-electron chi connectivity index (χ2n) is 4.19. The largest absolute Gasteiger partial charge is 0.379 e. The molecule has 0 aliphatic carbocycles. The van der Waals surface area contributed by atoms with Crippen LogP contribution in [-0.2, 0) is 4.74 Å². The van der Waals surface area contributed by atoms with Gasteiger partial charge >= 0.3 is 0 Å². The predicted octanol–water partition coefficient (Wildman–Crippen LogP) is 2.16. The Balaban J connectivity index is 1.68. The van der Waals surface area contributed by atoms with Gasteiger partial charge in [-0.1, -0.05) is 0 Å². The van der Waals surface area contributed by atoms with Gasteiger partial charge in [0.25, 0.3) is 5.91 Å². The monoisotopic (exact) mass is 263 g/mol. The minimum atomic E-state index is -0.0986. The van der Waals surface area contributed by atoms with Gasteiger partial charge in [-0.15, -0.1) is 0 Å². The van der Waals surface area contributed by atoms with Crippen LogP contribution < -0.4 is 5.32 Å². The highest BCUT2D eigenvalue weighted by atomic mass is 32.1. The fourth-order valence-corrected chi connectivity index (χ4v) is 2.57. The second-order valence-corrected chi connectivity index (χ2v) is 4.97. The Kier molecular flexibility index (Phi) is 3.12. The van der Waals surface area contributed by atoms with Crippen LogP contribution in [-0.4, -0.2) is 28.9 Å². The average Bonchev–Trinajstić information content (AvgIpc) is 3.12. The second kappa shape index (κ2) is 4.91. The maximum Gasteiger partial charge on any atom is 0.256 e.